The third-order valence-corrected chi connectivity index (χ3v) is 7.42. The van der Waals surface area contributed by atoms with Crippen LogP contribution < -0.4 is 4.74 Å². The van der Waals surface area contributed by atoms with Gasteiger partial charge in [-0.25, -0.2) is 0 Å². The van der Waals surface area contributed by atoms with Crippen molar-refractivity contribution in [3.05, 3.63) is 57.3 Å². The van der Waals surface area contributed by atoms with Crippen molar-refractivity contribution >= 4 is 28.8 Å². The van der Waals surface area contributed by atoms with Crippen LogP contribution in [0.25, 0.3) is 5.76 Å². The number of aliphatic hydroxyl groups is 1. The summed E-state index contributed by atoms with van der Waals surface area (Å²) >= 11 is 1.49. The van der Waals surface area contributed by atoms with Gasteiger partial charge in [-0.05, 0) is 48.6 Å². The fourth-order valence-corrected chi connectivity index (χ4v) is 5.71. The van der Waals surface area contributed by atoms with Crippen LogP contribution >= 0.6 is 11.3 Å². The van der Waals surface area contributed by atoms with Gasteiger partial charge in [0.2, 0.25) is 0 Å². The minimum absolute atomic E-state index is 0.0839. The number of rotatable bonds is 6. The minimum Gasteiger partial charge on any atom is -0.507 e. The molecule has 0 saturated carbocycles. The van der Waals surface area contributed by atoms with Gasteiger partial charge >= 0.3 is 0 Å². The van der Waals surface area contributed by atoms with Crippen LogP contribution in [0.1, 0.15) is 35.4 Å². The highest BCUT2D eigenvalue weighted by molar-refractivity contribution is 7.10. The molecule has 3 aliphatic heterocycles. The first kappa shape index (κ1) is 22.1. The Labute approximate surface area is 197 Å². The zero-order chi connectivity index (χ0) is 22.9. The molecule has 3 aliphatic rings. The summed E-state index contributed by atoms with van der Waals surface area (Å²) in [4.78, 5) is 31.0. The van der Waals surface area contributed by atoms with Crippen molar-refractivity contribution in [1.82, 2.24) is 9.80 Å². The molecule has 2 fully saturated rings. The predicted octanol–water partition coefficient (Wildman–Crippen LogP) is 3.22. The number of ketones is 1. The lowest BCUT2D eigenvalue weighted by Gasteiger charge is -2.28. The average molecular weight is 469 g/mol. The fraction of sp³-hybridized carbons (Fsp3) is 0.440. The highest BCUT2D eigenvalue weighted by Crippen LogP contribution is 2.42. The number of aliphatic hydroxyl groups excluding tert-OH is 1. The number of benzene rings is 1. The van der Waals surface area contributed by atoms with E-state index in [4.69, 9.17) is 9.47 Å². The summed E-state index contributed by atoms with van der Waals surface area (Å²) < 4.78 is 11.2. The molecule has 1 aromatic heterocycles. The molecule has 2 aromatic rings. The van der Waals surface area contributed by atoms with Crippen LogP contribution in [-0.2, 0) is 20.7 Å². The third-order valence-electron chi connectivity index (χ3n) is 6.50. The second kappa shape index (κ2) is 9.29. The van der Waals surface area contributed by atoms with Gasteiger partial charge in [0.15, 0.2) is 0 Å². The second-order valence-corrected chi connectivity index (χ2v) is 9.75. The van der Waals surface area contributed by atoms with Gasteiger partial charge in [-0.15, -0.1) is 11.3 Å². The maximum Gasteiger partial charge on any atom is 0.295 e. The molecule has 8 heteroatoms. The maximum absolute atomic E-state index is 13.1. The molecule has 0 bridgehead atoms. The molecule has 4 heterocycles. The van der Waals surface area contributed by atoms with Gasteiger partial charge in [-0.2, -0.15) is 0 Å². The summed E-state index contributed by atoms with van der Waals surface area (Å²) in [5.41, 5.74) is 1.71. The molecule has 0 unspecified atom stereocenters. The molecule has 5 rings (SSSR count). The first-order valence-corrected chi connectivity index (χ1v) is 12.3. The van der Waals surface area contributed by atoms with E-state index in [0.717, 1.165) is 61.9 Å². The van der Waals surface area contributed by atoms with Crippen molar-refractivity contribution in [2.45, 2.75) is 31.9 Å². The van der Waals surface area contributed by atoms with Crippen molar-refractivity contribution in [3.8, 4) is 5.75 Å². The Morgan fingerprint density at radius 2 is 2.00 bits per heavy atom. The van der Waals surface area contributed by atoms with Crippen LogP contribution in [0.15, 0.2) is 41.3 Å². The summed E-state index contributed by atoms with van der Waals surface area (Å²) in [5.74, 6) is -0.486. The van der Waals surface area contributed by atoms with E-state index in [1.54, 1.807) is 11.0 Å². The number of ether oxygens (including phenoxy) is 2. The van der Waals surface area contributed by atoms with Gasteiger partial charge in [0.05, 0.1) is 24.8 Å². The van der Waals surface area contributed by atoms with Crippen molar-refractivity contribution in [2.75, 3.05) is 39.4 Å². The number of amides is 1. The summed E-state index contributed by atoms with van der Waals surface area (Å²) in [6.45, 7) is 6.51. The van der Waals surface area contributed by atoms with Crippen LogP contribution in [0.5, 0.6) is 5.75 Å². The number of nitrogens with zero attached hydrogens (tertiary/aromatic N) is 2. The van der Waals surface area contributed by atoms with Gasteiger partial charge in [0, 0.05) is 43.0 Å². The lowest BCUT2D eigenvalue weighted by atomic mass is 9.98. The monoisotopic (exact) mass is 468 g/mol. The zero-order valence-electron chi connectivity index (χ0n) is 18.7. The smallest absolute Gasteiger partial charge is 0.295 e. The SMILES string of the molecule is C[C@@H]1Cc2cc(C(O)=C3C(=O)C(=O)N(CCCN4CCOCC4)[C@@H]3c3cccs3)ccc2O1. The summed E-state index contributed by atoms with van der Waals surface area (Å²) in [7, 11) is 0. The van der Waals surface area contributed by atoms with Crippen molar-refractivity contribution in [1.29, 1.82) is 0 Å². The van der Waals surface area contributed by atoms with Gasteiger partial charge in [0.1, 0.15) is 17.6 Å². The molecule has 7 nitrogen and oxygen atoms in total. The average Bonchev–Trinajstić information content (AvgIpc) is 3.53. The zero-order valence-corrected chi connectivity index (χ0v) is 19.5. The fourth-order valence-electron chi connectivity index (χ4n) is 4.87. The highest BCUT2D eigenvalue weighted by atomic mass is 32.1. The molecular weight excluding hydrogens is 440 g/mol. The normalized spacial score (nSPS) is 24.8. The summed E-state index contributed by atoms with van der Waals surface area (Å²) in [6.07, 6.45) is 1.59. The standard InChI is InChI=1S/C25H28N2O5S/c1-16-14-18-15-17(5-6-19(18)32-16)23(28)21-22(20-4-2-13-33-20)27(25(30)24(21)29)8-3-7-26-9-11-31-12-10-26/h2,4-6,13,15-16,22,28H,3,7-12,14H2,1H3/t16-,22-/m1/s1. The van der Waals surface area contributed by atoms with Crippen molar-refractivity contribution in [3.63, 3.8) is 0 Å². The predicted molar refractivity (Wildman–Crippen MR) is 125 cm³/mol. The van der Waals surface area contributed by atoms with E-state index in [1.807, 2.05) is 36.6 Å². The number of carbonyl (C=O) groups excluding carboxylic acids is 2. The van der Waals surface area contributed by atoms with Crippen molar-refractivity contribution in [2.24, 2.45) is 0 Å². The number of fused-ring (bicyclic) bond motifs is 1. The Hall–Kier alpha value is -2.68. The molecule has 1 N–H and O–H groups in total. The Kier molecular flexibility index (Phi) is 6.23. The lowest BCUT2D eigenvalue weighted by Crippen LogP contribution is -2.38. The van der Waals surface area contributed by atoms with Crippen LogP contribution in [0, 0.1) is 0 Å². The molecule has 1 aromatic carbocycles. The van der Waals surface area contributed by atoms with E-state index in [-0.39, 0.29) is 17.4 Å². The molecule has 2 atom stereocenters. The van der Waals surface area contributed by atoms with Crippen LogP contribution in [-0.4, -0.2) is 72.1 Å². The molecule has 2 saturated heterocycles. The number of likely N-dealkylation sites (tertiary alicyclic amines) is 1. The molecule has 0 radical (unpaired) electrons. The molecular formula is C25H28N2O5S. The number of morpholine rings is 1. The number of hydrogen-bond donors (Lipinski definition) is 1. The quantitative estimate of drug-likeness (QED) is 0.399. The Balaban J connectivity index is 1.44. The van der Waals surface area contributed by atoms with E-state index in [2.05, 4.69) is 4.90 Å². The van der Waals surface area contributed by atoms with Gasteiger partial charge in [0.25, 0.3) is 11.7 Å². The second-order valence-electron chi connectivity index (χ2n) is 8.77. The molecule has 0 spiro atoms. The maximum atomic E-state index is 13.1. The number of carbonyl (C=O) groups is 2. The first-order valence-electron chi connectivity index (χ1n) is 11.4. The topological polar surface area (TPSA) is 79.3 Å². The Morgan fingerprint density at radius 1 is 1.18 bits per heavy atom. The Bertz CT molecular complexity index is 1070. The van der Waals surface area contributed by atoms with E-state index in [9.17, 15) is 14.7 Å². The van der Waals surface area contributed by atoms with Crippen LogP contribution in [0.2, 0.25) is 0 Å². The number of thiophene rings is 1. The summed E-state index contributed by atoms with van der Waals surface area (Å²) in [5, 5.41) is 13.2. The van der Waals surface area contributed by atoms with Gasteiger partial charge in [-0.1, -0.05) is 6.07 Å². The minimum atomic E-state index is -0.623. The van der Waals surface area contributed by atoms with Gasteiger partial charge in [-0.3, -0.25) is 14.5 Å². The molecule has 174 valence electrons. The highest BCUT2D eigenvalue weighted by Gasteiger charge is 2.46. The Morgan fingerprint density at radius 3 is 2.76 bits per heavy atom. The molecule has 0 aliphatic carbocycles. The van der Waals surface area contributed by atoms with E-state index in [0.29, 0.717) is 12.1 Å². The first-order chi connectivity index (χ1) is 16.0. The molecule has 1 amide bonds. The van der Waals surface area contributed by atoms with E-state index < -0.39 is 17.7 Å². The lowest BCUT2D eigenvalue weighted by molar-refractivity contribution is -0.140. The third kappa shape index (κ3) is 4.30. The van der Waals surface area contributed by atoms with E-state index in [1.165, 1.54) is 11.3 Å². The number of Topliss-reactive ketones (excluding diaryl/α,β-unsaturated/α-hetero) is 1. The summed E-state index contributed by atoms with van der Waals surface area (Å²) in [6, 6.07) is 8.70. The van der Waals surface area contributed by atoms with Crippen molar-refractivity contribution < 1.29 is 24.2 Å². The van der Waals surface area contributed by atoms with Crippen LogP contribution in [0.4, 0.5) is 0 Å². The van der Waals surface area contributed by atoms with E-state index >= 15 is 0 Å². The largest absolute Gasteiger partial charge is 0.507 e. The van der Waals surface area contributed by atoms with Gasteiger partial charge < -0.3 is 19.5 Å². The van der Waals surface area contributed by atoms with Crippen LogP contribution in [0.3, 0.4) is 0 Å². The molecule has 33 heavy (non-hydrogen) atoms. The number of hydrogen-bond acceptors (Lipinski definition) is 7.